The molecular formula is C13H23N3O. The zero-order valence-electron chi connectivity index (χ0n) is 10.7. The van der Waals surface area contributed by atoms with Gasteiger partial charge in [0.05, 0.1) is 6.54 Å². The topological polar surface area (TPSA) is 51.0 Å². The second kappa shape index (κ2) is 6.74. The van der Waals surface area contributed by atoms with E-state index < -0.39 is 0 Å². The van der Waals surface area contributed by atoms with E-state index in [4.69, 9.17) is 4.42 Å². The van der Waals surface area contributed by atoms with Gasteiger partial charge in [0.25, 0.3) is 0 Å². The third-order valence-corrected chi connectivity index (χ3v) is 3.46. The van der Waals surface area contributed by atoms with E-state index in [-0.39, 0.29) is 0 Å². The maximum atomic E-state index is 5.74. The Morgan fingerprint density at radius 3 is 2.53 bits per heavy atom. The predicted octanol–water partition coefficient (Wildman–Crippen LogP) is 3.01. The summed E-state index contributed by atoms with van der Waals surface area (Å²) in [6.07, 6.45) is 9.13. The zero-order valence-corrected chi connectivity index (χ0v) is 10.7. The van der Waals surface area contributed by atoms with Gasteiger partial charge in [-0.25, -0.2) is 0 Å². The average Bonchev–Trinajstić information content (AvgIpc) is 2.74. The van der Waals surface area contributed by atoms with Crippen LogP contribution in [0, 0.1) is 0 Å². The van der Waals surface area contributed by atoms with Crippen molar-refractivity contribution < 1.29 is 4.42 Å². The average molecular weight is 237 g/mol. The summed E-state index contributed by atoms with van der Waals surface area (Å²) in [7, 11) is 0. The maximum absolute atomic E-state index is 5.74. The van der Waals surface area contributed by atoms with Gasteiger partial charge in [0.15, 0.2) is 0 Å². The van der Waals surface area contributed by atoms with Crippen molar-refractivity contribution in [3.63, 3.8) is 0 Å². The SMILES string of the molecule is CCNCc1nnc(C2CCCCCCC2)o1. The highest BCUT2D eigenvalue weighted by Gasteiger charge is 2.19. The molecule has 1 fully saturated rings. The molecule has 1 aromatic heterocycles. The van der Waals surface area contributed by atoms with Crippen LogP contribution >= 0.6 is 0 Å². The lowest BCUT2D eigenvalue weighted by Gasteiger charge is -2.15. The lowest BCUT2D eigenvalue weighted by atomic mass is 9.91. The van der Waals surface area contributed by atoms with Crippen LogP contribution in [0.4, 0.5) is 0 Å². The Hall–Kier alpha value is -0.900. The fourth-order valence-electron chi connectivity index (χ4n) is 2.44. The molecule has 1 aromatic rings. The van der Waals surface area contributed by atoms with Crippen molar-refractivity contribution in [2.24, 2.45) is 0 Å². The molecule has 0 saturated heterocycles. The number of hydrogen-bond donors (Lipinski definition) is 1. The Morgan fingerprint density at radius 2 is 1.82 bits per heavy atom. The first-order valence-corrected chi connectivity index (χ1v) is 6.93. The van der Waals surface area contributed by atoms with Gasteiger partial charge in [-0.15, -0.1) is 10.2 Å². The van der Waals surface area contributed by atoms with Crippen LogP contribution in [0.1, 0.15) is 69.6 Å². The molecule has 0 unspecified atom stereocenters. The molecule has 96 valence electrons. The molecule has 0 spiro atoms. The Bertz CT molecular complexity index is 316. The summed E-state index contributed by atoms with van der Waals surface area (Å²) in [5.41, 5.74) is 0. The van der Waals surface area contributed by atoms with Crippen molar-refractivity contribution in [3.05, 3.63) is 11.8 Å². The monoisotopic (exact) mass is 237 g/mol. The summed E-state index contributed by atoms with van der Waals surface area (Å²) in [4.78, 5) is 0. The summed E-state index contributed by atoms with van der Waals surface area (Å²) in [5.74, 6) is 2.09. The molecule has 17 heavy (non-hydrogen) atoms. The van der Waals surface area contributed by atoms with Crippen LogP contribution in [0.15, 0.2) is 4.42 Å². The summed E-state index contributed by atoms with van der Waals surface area (Å²) in [6, 6.07) is 0. The summed E-state index contributed by atoms with van der Waals surface area (Å²) in [6.45, 7) is 3.70. The quantitative estimate of drug-likeness (QED) is 0.874. The van der Waals surface area contributed by atoms with Crippen LogP contribution in [0.25, 0.3) is 0 Å². The lowest BCUT2D eigenvalue weighted by Crippen LogP contribution is -2.11. The number of aromatic nitrogens is 2. The minimum atomic E-state index is 0.498. The molecule has 0 aliphatic heterocycles. The third-order valence-electron chi connectivity index (χ3n) is 3.46. The van der Waals surface area contributed by atoms with Gasteiger partial charge >= 0.3 is 0 Å². The Kier molecular flexibility index (Phi) is 4.98. The smallest absolute Gasteiger partial charge is 0.230 e. The van der Waals surface area contributed by atoms with Gasteiger partial charge < -0.3 is 9.73 Å². The third kappa shape index (κ3) is 3.80. The number of hydrogen-bond acceptors (Lipinski definition) is 4. The molecule has 1 saturated carbocycles. The first kappa shape index (κ1) is 12.6. The Balaban J connectivity index is 1.92. The molecule has 0 atom stereocenters. The highest BCUT2D eigenvalue weighted by Crippen LogP contribution is 2.29. The largest absolute Gasteiger partial charge is 0.424 e. The van der Waals surface area contributed by atoms with E-state index in [1.54, 1.807) is 0 Å². The second-order valence-corrected chi connectivity index (χ2v) is 4.86. The number of nitrogens with zero attached hydrogens (tertiary/aromatic N) is 2. The number of rotatable bonds is 4. The fourth-order valence-corrected chi connectivity index (χ4v) is 2.44. The molecule has 0 bridgehead atoms. The first-order chi connectivity index (χ1) is 8.40. The van der Waals surface area contributed by atoms with E-state index in [9.17, 15) is 0 Å². The van der Waals surface area contributed by atoms with Gasteiger partial charge in [0.2, 0.25) is 11.8 Å². The molecule has 2 rings (SSSR count). The van der Waals surface area contributed by atoms with Gasteiger partial charge in [-0.1, -0.05) is 39.0 Å². The molecule has 0 amide bonds. The predicted molar refractivity (Wildman–Crippen MR) is 66.7 cm³/mol. The van der Waals surface area contributed by atoms with Crippen molar-refractivity contribution in [1.82, 2.24) is 15.5 Å². The van der Waals surface area contributed by atoms with Crippen LogP contribution in [0.3, 0.4) is 0 Å². The standard InChI is InChI=1S/C13H23N3O/c1-2-14-10-12-15-16-13(17-12)11-8-6-4-3-5-7-9-11/h11,14H,2-10H2,1H3. The molecule has 4 nitrogen and oxygen atoms in total. The van der Waals surface area contributed by atoms with Crippen LogP contribution in [0.5, 0.6) is 0 Å². The maximum Gasteiger partial charge on any atom is 0.230 e. The molecule has 4 heteroatoms. The van der Waals surface area contributed by atoms with E-state index in [0.717, 1.165) is 18.3 Å². The highest BCUT2D eigenvalue weighted by molar-refractivity contribution is 4.92. The van der Waals surface area contributed by atoms with Crippen molar-refractivity contribution >= 4 is 0 Å². The first-order valence-electron chi connectivity index (χ1n) is 6.93. The van der Waals surface area contributed by atoms with E-state index in [1.165, 1.54) is 44.9 Å². The zero-order chi connectivity index (χ0) is 11.9. The normalized spacial score (nSPS) is 18.9. The van der Waals surface area contributed by atoms with Gasteiger partial charge in [-0.2, -0.15) is 0 Å². The van der Waals surface area contributed by atoms with Gasteiger partial charge in [0.1, 0.15) is 0 Å². The van der Waals surface area contributed by atoms with Crippen LogP contribution in [-0.4, -0.2) is 16.7 Å². The van der Waals surface area contributed by atoms with E-state index in [0.29, 0.717) is 12.5 Å². The second-order valence-electron chi connectivity index (χ2n) is 4.86. The fraction of sp³-hybridized carbons (Fsp3) is 0.846. The van der Waals surface area contributed by atoms with Crippen molar-refractivity contribution in [3.8, 4) is 0 Å². The minimum Gasteiger partial charge on any atom is -0.424 e. The van der Waals surface area contributed by atoms with Crippen molar-refractivity contribution in [2.45, 2.75) is 64.3 Å². The van der Waals surface area contributed by atoms with Gasteiger partial charge in [-0.3, -0.25) is 0 Å². The van der Waals surface area contributed by atoms with E-state index in [1.807, 2.05) is 0 Å². The van der Waals surface area contributed by atoms with E-state index in [2.05, 4.69) is 22.4 Å². The highest BCUT2D eigenvalue weighted by atomic mass is 16.4. The van der Waals surface area contributed by atoms with Crippen molar-refractivity contribution in [2.75, 3.05) is 6.54 Å². The molecule has 1 N–H and O–H groups in total. The van der Waals surface area contributed by atoms with Crippen LogP contribution in [0.2, 0.25) is 0 Å². The summed E-state index contributed by atoms with van der Waals surface area (Å²) in [5, 5.41) is 11.5. The summed E-state index contributed by atoms with van der Waals surface area (Å²) < 4.78 is 5.74. The number of nitrogens with one attached hydrogen (secondary N) is 1. The van der Waals surface area contributed by atoms with Crippen LogP contribution < -0.4 is 5.32 Å². The molecule has 0 radical (unpaired) electrons. The minimum absolute atomic E-state index is 0.498. The van der Waals surface area contributed by atoms with Crippen molar-refractivity contribution in [1.29, 1.82) is 0 Å². The van der Waals surface area contributed by atoms with Gasteiger partial charge in [0, 0.05) is 5.92 Å². The summed E-state index contributed by atoms with van der Waals surface area (Å²) >= 11 is 0. The molecule has 1 heterocycles. The van der Waals surface area contributed by atoms with Crippen LogP contribution in [-0.2, 0) is 6.54 Å². The van der Waals surface area contributed by atoms with Gasteiger partial charge in [-0.05, 0) is 19.4 Å². The Labute approximate surface area is 103 Å². The molecule has 0 aromatic carbocycles. The molecule has 1 aliphatic rings. The molecule has 1 aliphatic carbocycles. The van der Waals surface area contributed by atoms with E-state index >= 15 is 0 Å². The Morgan fingerprint density at radius 1 is 1.12 bits per heavy atom. The lowest BCUT2D eigenvalue weighted by molar-refractivity contribution is 0.359. The molecular weight excluding hydrogens is 214 g/mol.